The van der Waals surface area contributed by atoms with Crippen molar-refractivity contribution in [2.45, 2.75) is 26.3 Å². The first-order valence-electron chi connectivity index (χ1n) is 6.41. The molecule has 0 fully saturated rings. The standard InChI is InChI=1S/C14H18N2O2S/c1-3-19-7-6-9(2)16-13(17)11-5-4-10(15)8-12(11)14(16)18/h4-5,8-9H,3,6-7,15H2,1-2H3. The van der Waals surface area contributed by atoms with E-state index in [1.807, 2.05) is 18.7 Å². The van der Waals surface area contributed by atoms with E-state index in [9.17, 15) is 9.59 Å². The van der Waals surface area contributed by atoms with Crippen molar-refractivity contribution in [1.29, 1.82) is 0 Å². The van der Waals surface area contributed by atoms with E-state index in [2.05, 4.69) is 6.92 Å². The SMILES string of the molecule is CCSCCC(C)N1C(=O)c2ccc(N)cc2C1=O. The van der Waals surface area contributed by atoms with Crippen molar-refractivity contribution in [2.75, 3.05) is 17.2 Å². The summed E-state index contributed by atoms with van der Waals surface area (Å²) in [4.78, 5) is 25.9. The lowest BCUT2D eigenvalue weighted by atomic mass is 10.1. The van der Waals surface area contributed by atoms with Crippen molar-refractivity contribution in [3.05, 3.63) is 29.3 Å². The zero-order chi connectivity index (χ0) is 14.0. The summed E-state index contributed by atoms with van der Waals surface area (Å²) < 4.78 is 0. The lowest BCUT2D eigenvalue weighted by Gasteiger charge is -2.22. The molecule has 1 aliphatic rings. The Bertz CT molecular complexity index is 516. The van der Waals surface area contributed by atoms with Gasteiger partial charge in [0.05, 0.1) is 11.1 Å². The molecule has 1 aromatic rings. The van der Waals surface area contributed by atoms with Crippen LogP contribution in [0, 0.1) is 0 Å². The number of benzene rings is 1. The Kier molecular flexibility index (Phi) is 4.14. The molecule has 2 amide bonds. The van der Waals surface area contributed by atoms with Crippen LogP contribution in [0.5, 0.6) is 0 Å². The Morgan fingerprint density at radius 1 is 1.26 bits per heavy atom. The number of nitrogens with two attached hydrogens (primary N) is 1. The van der Waals surface area contributed by atoms with Gasteiger partial charge in [-0.05, 0) is 43.0 Å². The number of carbonyl (C=O) groups excluding carboxylic acids is 2. The maximum Gasteiger partial charge on any atom is 0.261 e. The lowest BCUT2D eigenvalue weighted by molar-refractivity contribution is 0.0594. The van der Waals surface area contributed by atoms with Crippen molar-refractivity contribution in [1.82, 2.24) is 4.90 Å². The fourth-order valence-electron chi connectivity index (χ4n) is 2.20. The summed E-state index contributed by atoms with van der Waals surface area (Å²) in [6, 6.07) is 4.81. The summed E-state index contributed by atoms with van der Waals surface area (Å²) in [6.07, 6.45) is 0.819. The third-order valence-electron chi connectivity index (χ3n) is 3.27. The number of carbonyl (C=O) groups is 2. The quantitative estimate of drug-likeness (QED) is 0.510. The van der Waals surface area contributed by atoms with Gasteiger partial charge in [0.1, 0.15) is 0 Å². The average Bonchev–Trinajstić information content (AvgIpc) is 2.62. The normalized spacial score (nSPS) is 15.8. The number of amides is 2. The molecule has 2 rings (SSSR count). The number of fused-ring (bicyclic) bond motifs is 1. The predicted molar refractivity (Wildman–Crippen MR) is 78.4 cm³/mol. The molecule has 102 valence electrons. The minimum atomic E-state index is -0.221. The van der Waals surface area contributed by atoms with Crippen molar-refractivity contribution in [3.63, 3.8) is 0 Å². The summed E-state index contributed by atoms with van der Waals surface area (Å²) in [6.45, 7) is 4.02. The van der Waals surface area contributed by atoms with Crippen LogP contribution in [0.3, 0.4) is 0 Å². The molecule has 1 atom stereocenters. The predicted octanol–water partition coefficient (Wildman–Crippen LogP) is 2.40. The molecule has 0 aliphatic carbocycles. The number of nitrogen functional groups attached to an aromatic ring is 1. The van der Waals surface area contributed by atoms with Gasteiger partial charge in [-0.25, -0.2) is 0 Å². The highest BCUT2D eigenvalue weighted by Gasteiger charge is 2.38. The van der Waals surface area contributed by atoms with Gasteiger partial charge in [0.25, 0.3) is 11.8 Å². The summed E-state index contributed by atoms with van der Waals surface area (Å²) in [5, 5.41) is 0. The fourth-order valence-corrected chi connectivity index (χ4v) is 3.00. The topological polar surface area (TPSA) is 63.4 Å². The first kappa shape index (κ1) is 13.9. The molecule has 0 radical (unpaired) electrons. The lowest BCUT2D eigenvalue weighted by Crippen LogP contribution is -2.38. The number of hydrogen-bond donors (Lipinski definition) is 1. The Labute approximate surface area is 117 Å². The Balaban J connectivity index is 2.17. The van der Waals surface area contributed by atoms with E-state index in [1.165, 1.54) is 4.90 Å². The third-order valence-corrected chi connectivity index (χ3v) is 4.20. The van der Waals surface area contributed by atoms with E-state index < -0.39 is 0 Å². The van der Waals surface area contributed by atoms with Crippen molar-refractivity contribution in [3.8, 4) is 0 Å². The Morgan fingerprint density at radius 3 is 2.63 bits per heavy atom. The summed E-state index contributed by atoms with van der Waals surface area (Å²) in [7, 11) is 0. The van der Waals surface area contributed by atoms with Crippen LogP contribution in [-0.2, 0) is 0 Å². The van der Waals surface area contributed by atoms with Gasteiger partial charge in [-0.3, -0.25) is 14.5 Å². The average molecular weight is 278 g/mol. The van der Waals surface area contributed by atoms with Crippen LogP contribution in [-0.4, -0.2) is 34.3 Å². The second-order valence-corrected chi connectivity index (χ2v) is 6.01. The number of thioether (sulfide) groups is 1. The largest absolute Gasteiger partial charge is 0.399 e. The van der Waals surface area contributed by atoms with Crippen molar-refractivity contribution >= 4 is 29.3 Å². The van der Waals surface area contributed by atoms with E-state index >= 15 is 0 Å². The maximum atomic E-state index is 12.3. The highest BCUT2D eigenvalue weighted by Crippen LogP contribution is 2.27. The maximum absolute atomic E-state index is 12.3. The fraction of sp³-hybridized carbons (Fsp3) is 0.429. The van der Waals surface area contributed by atoms with E-state index in [0.29, 0.717) is 16.8 Å². The van der Waals surface area contributed by atoms with Gasteiger partial charge in [0.15, 0.2) is 0 Å². The van der Waals surface area contributed by atoms with Gasteiger partial charge in [0, 0.05) is 11.7 Å². The van der Waals surface area contributed by atoms with E-state index in [4.69, 9.17) is 5.73 Å². The molecule has 0 bridgehead atoms. The molecule has 4 nitrogen and oxygen atoms in total. The monoisotopic (exact) mass is 278 g/mol. The molecule has 1 heterocycles. The van der Waals surface area contributed by atoms with Gasteiger partial charge in [0.2, 0.25) is 0 Å². The van der Waals surface area contributed by atoms with Crippen LogP contribution in [0.25, 0.3) is 0 Å². The molecule has 19 heavy (non-hydrogen) atoms. The molecule has 1 aromatic carbocycles. The zero-order valence-electron chi connectivity index (χ0n) is 11.2. The van der Waals surface area contributed by atoms with E-state index in [-0.39, 0.29) is 17.9 Å². The molecule has 2 N–H and O–H groups in total. The van der Waals surface area contributed by atoms with Gasteiger partial charge in [-0.1, -0.05) is 6.92 Å². The second kappa shape index (κ2) is 5.65. The highest BCUT2D eigenvalue weighted by atomic mass is 32.2. The number of nitrogens with zero attached hydrogens (tertiary/aromatic N) is 1. The minimum Gasteiger partial charge on any atom is -0.399 e. The molecule has 5 heteroatoms. The van der Waals surface area contributed by atoms with Crippen LogP contribution in [0.2, 0.25) is 0 Å². The number of imide groups is 1. The van der Waals surface area contributed by atoms with Crippen LogP contribution < -0.4 is 5.73 Å². The number of rotatable bonds is 5. The smallest absolute Gasteiger partial charge is 0.261 e. The van der Waals surface area contributed by atoms with Gasteiger partial charge in [-0.15, -0.1) is 0 Å². The Morgan fingerprint density at radius 2 is 1.95 bits per heavy atom. The first-order chi connectivity index (χ1) is 9.06. The van der Waals surface area contributed by atoms with E-state index in [1.54, 1.807) is 18.2 Å². The van der Waals surface area contributed by atoms with Crippen LogP contribution >= 0.6 is 11.8 Å². The van der Waals surface area contributed by atoms with Gasteiger partial charge in [-0.2, -0.15) is 11.8 Å². The molecule has 1 unspecified atom stereocenters. The second-order valence-electron chi connectivity index (χ2n) is 4.62. The summed E-state index contributed by atoms with van der Waals surface area (Å²) >= 11 is 1.81. The summed E-state index contributed by atoms with van der Waals surface area (Å²) in [5.74, 6) is 1.58. The number of hydrogen-bond acceptors (Lipinski definition) is 4. The number of anilines is 1. The molecule has 0 aromatic heterocycles. The molecule has 1 aliphatic heterocycles. The molecule has 0 spiro atoms. The third kappa shape index (κ3) is 2.61. The van der Waals surface area contributed by atoms with Crippen LogP contribution in [0.15, 0.2) is 18.2 Å². The van der Waals surface area contributed by atoms with Crippen LogP contribution in [0.4, 0.5) is 5.69 Å². The molecular formula is C14H18N2O2S. The first-order valence-corrected chi connectivity index (χ1v) is 7.57. The van der Waals surface area contributed by atoms with Crippen molar-refractivity contribution < 1.29 is 9.59 Å². The van der Waals surface area contributed by atoms with E-state index in [0.717, 1.165) is 17.9 Å². The molecular weight excluding hydrogens is 260 g/mol. The minimum absolute atomic E-state index is 0.0762. The summed E-state index contributed by atoms with van der Waals surface area (Å²) in [5.41, 5.74) is 7.08. The van der Waals surface area contributed by atoms with Crippen molar-refractivity contribution in [2.24, 2.45) is 0 Å². The molecule has 0 saturated heterocycles. The van der Waals surface area contributed by atoms with Gasteiger partial charge < -0.3 is 5.73 Å². The Hall–Kier alpha value is -1.49. The van der Waals surface area contributed by atoms with Gasteiger partial charge >= 0.3 is 0 Å². The highest BCUT2D eigenvalue weighted by molar-refractivity contribution is 7.99. The van der Waals surface area contributed by atoms with Crippen LogP contribution in [0.1, 0.15) is 41.0 Å². The zero-order valence-corrected chi connectivity index (χ0v) is 12.0. The molecule has 0 saturated carbocycles.